The van der Waals surface area contributed by atoms with Crippen LogP contribution in [0.2, 0.25) is 0 Å². The lowest BCUT2D eigenvalue weighted by atomic mass is 9.94. The molecule has 1 aliphatic heterocycles. The van der Waals surface area contributed by atoms with E-state index < -0.39 is 11.2 Å². The number of carbonyl (C=O) groups is 1. The van der Waals surface area contributed by atoms with Crippen molar-refractivity contribution in [1.29, 1.82) is 0 Å². The van der Waals surface area contributed by atoms with Crippen LogP contribution in [0.25, 0.3) is 11.0 Å². The molecule has 2 N–H and O–H groups in total. The number of hydrogen-bond acceptors (Lipinski definition) is 5. The largest absolute Gasteiger partial charge is 0.348 e. The van der Waals surface area contributed by atoms with Gasteiger partial charge >= 0.3 is 5.69 Å². The molecule has 8 nitrogen and oxygen atoms in total. The molecule has 1 fully saturated rings. The minimum absolute atomic E-state index is 0.0462. The fourth-order valence-electron chi connectivity index (χ4n) is 3.02. The van der Waals surface area contributed by atoms with E-state index in [0.717, 1.165) is 24.1 Å². The van der Waals surface area contributed by atoms with Crippen LogP contribution >= 0.6 is 0 Å². The Bertz CT molecular complexity index is 914. The van der Waals surface area contributed by atoms with Gasteiger partial charge in [-0.1, -0.05) is 6.92 Å². The third-order valence-electron chi connectivity index (χ3n) is 4.70. The summed E-state index contributed by atoms with van der Waals surface area (Å²) in [5.41, 5.74) is -0.314. The molecule has 1 amide bonds. The number of rotatable bonds is 2. The van der Waals surface area contributed by atoms with E-state index in [1.54, 1.807) is 7.05 Å². The first-order valence-corrected chi connectivity index (χ1v) is 7.97. The fourth-order valence-corrected chi connectivity index (χ4v) is 3.02. The predicted octanol–water partition coefficient (Wildman–Crippen LogP) is -0.640. The fraction of sp³-hybridized carbons (Fsp3) is 0.500. The average molecular weight is 331 g/mol. The van der Waals surface area contributed by atoms with Gasteiger partial charge in [-0.05, 0) is 24.9 Å². The highest BCUT2D eigenvalue weighted by molar-refractivity contribution is 5.96. The number of fused-ring (bicyclic) bond motifs is 1. The maximum atomic E-state index is 12.5. The molecule has 0 radical (unpaired) electrons. The van der Waals surface area contributed by atoms with Crippen LogP contribution in [0.5, 0.6) is 0 Å². The number of aryl methyl sites for hydroxylation is 1. The average Bonchev–Trinajstić information content (AvgIpc) is 2.59. The van der Waals surface area contributed by atoms with Gasteiger partial charge in [-0.3, -0.25) is 18.7 Å². The minimum Gasteiger partial charge on any atom is -0.348 e. The number of carbonyl (C=O) groups excluding carboxylic acids is 1. The van der Waals surface area contributed by atoms with E-state index in [2.05, 4.69) is 22.5 Å². The summed E-state index contributed by atoms with van der Waals surface area (Å²) < 4.78 is 2.31. The number of amides is 1. The lowest BCUT2D eigenvalue weighted by molar-refractivity contribution is 0.0915. The Morgan fingerprint density at radius 2 is 2.08 bits per heavy atom. The zero-order valence-electron chi connectivity index (χ0n) is 14.0. The van der Waals surface area contributed by atoms with Crippen molar-refractivity contribution in [1.82, 2.24) is 24.8 Å². The van der Waals surface area contributed by atoms with Crippen LogP contribution in [-0.4, -0.2) is 39.2 Å². The molecule has 2 aromatic heterocycles. The van der Waals surface area contributed by atoms with Crippen LogP contribution in [0, 0.1) is 5.92 Å². The van der Waals surface area contributed by atoms with Crippen LogP contribution in [0.3, 0.4) is 0 Å². The summed E-state index contributed by atoms with van der Waals surface area (Å²) >= 11 is 0. The first-order chi connectivity index (χ1) is 11.4. The van der Waals surface area contributed by atoms with E-state index in [0.29, 0.717) is 11.5 Å². The van der Waals surface area contributed by atoms with E-state index in [-0.39, 0.29) is 23.0 Å². The lowest BCUT2D eigenvalue weighted by Crippen LogP contribution is -2.50. The van der Waals surface area contributed by atoms with E-state index >= 15 is 0 Å². The first kappa shape index (κ1) is 16.4. The van der Waals surface area contributed by atoms with Gasteiger partial charge in [0.2, 0.25) is 0 Å². The zero-order valence-corrected chi connectivity index (χ0v) is 14.0. The number of hydrogen-bond donors (Lipinski definition) is 2. The van der Waals surface area contributed by atoms with Gasteiger partial charge in [0, 0.05) is 32.9 Å². The Hall–Kier alpha value is -2.48. The maximum absolute atomic E-state index is 12.5. The number of nitrogens with zero attached hydrogens (tertiary/aromatic N) is 3. The smallest absolute Gasteiger partial charge is 0.332 e. The molecule has 1 aliphatic rings. The Kier molecular flexibility index (Phi) is 4.23. The molecule has 0 aromatic carbocycles. The van der Waals surface area contributed by atoms with Crippen LogP contribution in [0.4, 0.5) is 0 Å². The maximum Gasteiger partial charge on any atom is 0.332 e. The third kappa shape index (κ3) is 2.73. The van der Waals surface area contributed by atoms with Crippen molar-refractivity contribution in [3.05, 3.63) is 38.7 Å². The first-order valence-electron chi connectivity index (χ1n) is 7.97. The van der Waals surface area contributed by atoms with Gasteiger partial charge in [-0.25, -0.2) is 9.78 Å². The van der Waals surface area contributed by atoms with Gasteiger partial charge in [0.1, 0.15) is 5.65 Å². The molecule has 0 aliphatic carbocycles. The van der Waals surface area contributed by atoms with Gasteiger partial charge in [0.15, 0.2) is 0 Å². The second kappa shape index (κ2) is 6.20. The van der Waals surface area contributed by atoms with E-state index in [1.807, 2.05) is 0 Å². The summed E-state index contributed by atoms with van der Waals surface area (Å²) in [6, 6.07) is 1.55. The zero-order chi connectivity index (χ0) is 17.4. The van der Waals surface area contributed by atoms with Crippen LogP contribution < -0.4 is 21.9 Å². The van der Waals surface area contributed by atoms with Crippen molar-refractivity contribution in [3.63, 3.8) is 0 Å². The summed E-state index contributed by atoms with van der Waals surface area (Å²) in [6.45, 7) is 3.79. The summed E-state index contributed by atoms with van der Waals surface area (Å²) in [4.78, 5) is 40.9. The third-order valence-corrected chi connectivity index (χ3v) is 4.70. The quantitative estimate of drug-likeness (QED) is 0.763. The van der Waals surface area contributed by atoms with Crippen molar-refractivity contribution < 1.29 is 4.79 Å². The highest BCUT2D eigenvalue weighted by Crippen LogP contribution is 2.13. The highest BCUT2D eigenvalue weighted by Gasteiger charge is 2.23. The topological polar surface area (TPSA) is 98.0 Å². The van der Waals surface area contributed by atoms with Gasteiger partial charge in [0.05, 0.1) is 10.9 Å². The number of pyridine rings is 1. The molecule has 0 saturated carbocycles. The minimum atomic E-state index is -0.456. The standard InChI is InChI=1S/C16H21N5O3/c1-9-4-5-17-8-12(9)19-14(22)10-6-11-13(18-7-10)20(2)16(24)21(3)15(11)23/h6-7,9,12,17H,4-5,8H2,1-3H3,(H,19,22). The summed E-state index contributed by atoms with van der Waals surface area (Å²) in [5.74, 6) is 0.123. The van der Waals surface area contributed by atoms with Crippen molar-refractivity contribution in [3.8, 4) is 0 Å². The van der Waals surface area contributed by atoms with Gasteiger partial charge in [-0.2, -0.15) is 0 Å². The summed E-state index contributed by atoms with van der Waals surface area (Å²) in [7, 11) is 2.96. The van der Waals surface area contributed by atoms with E-state index in [9.17, 15) is 14.4 Å². The molecular weight excluding hydrogens is 310 g/mol. The van der Waals surface area contributed by atoms with Gasteiger partial charge in [0.25, 0.3) is 11.5 Å². The molecule has 128 valence electrons. The van der Waals surface area contributed by atoms with E-state index in [1.165, 1.54) is 23.9 Å². The van der Waals surface area contributed by atoms with Crippen LogP contribution in [0.1, 0.15) is 23.7 Å². The molecule has 0 spiro atoms. The van der Waals surface area contributed by atoms with Crippen molar-refractivity contribution in [2.24, 2.45) is 20.0 Å². The molecule has 2 atom stereocenters. The van der Waals surface area contributed by atoms with Gasteiger partial charge in [-0.15, -0.1) is 0 Å². The molecule has 1 saturated heterocycles. The summed E-state index contributed by atoms with van der Waals surface area (Å²) in [6.07, 6.45) is 2.40. The monoisotopic (exact) mass is 331 g/mol. The second-order valence-electron chi connectivity index (χ2n) is 6.35. The molecule has 0 bridgehead atoms. The van der Waals surface area contributed by atoms with Gasteiger partial charge < -0.3 is 10.6 Å². The molecule has 8 heteroatoms. The van der Waals surface area contributed by atoms with Crippen molar-refractivity contribution >= 4 is 16.9 Å². The second-order valence-corrected chi connectivity index (χ2v) is 6.35. The lowest BCUT2D eigenvalue weighted by Gasteiger charge is -2.30. The highest BCUT2D eigenvalue weighted by atomic mass is 16.2. The Balaban J connectivity index is 1.97. The number of nitrogens with one attached hydrogen (secondary N) is 2. The Labute approximate surface area is 138 Å². The molecular formula is C16H21N5O3. The molecule has 2 aromatic rings. The van der Waals surface area contributed by atoms with E-state index in [4.69, 9.17) is 0 Å². The van der Waals surface area contributed by atoms with Crippen LogP contribution in [0.15, 0.2) is 21.9 Å². The number of piperidine rings is 1. The van der Waals surface area contributed by atoms with Crippen molar-refractivity contribution in [2.75, 3.05) is 13.1 Å². The molecule has 3 rings (SSSR count). The summed E-state index contributed by atoms with van der Waals surface area (Å²) in [5, 5.41) is 6.50. The SMILES string of the molecule is CC1CCNCC1NC(=O)c1cnc2c(c1)c(=O)n(C)c(=O)n2C. The molecule has 2 unspecified atom stereocenters. The number of aromatic nitrogens is 3. The molecule has 3 heterocycles. The molecule has 24 heavy (non-hydrogen) atoms. The van der Waals surface area contributed by atoms with Crippen LogP contribution in [-0.2, 0) is 14.1 Å². The van der Waals surface area contributed by atoms with Crippen molar-refractivity contribution in [2.45, 2.75) is 19.4 Å². The predicted molar refractivity (Wildman–Crippen MR) is 90.1 cm³/mol. The normalized spacial score (nSPS) is 21.0. The Morgan fingerprint density at radius 3 is 2.79 bits per heavy atom. The Morgan fingerprint density at radius 1 is 1.33 bits per heavy atom.